The summed E-state index contributed by atoms with van der Waals surface area (Å²) in [4.78, 5) is 7.10. The van der Waals surface area contributed by atoms with Gasteiger partial charge in [-0.05, 0) is 58.5 Å². The Morgan fingerprint density at radius 2 is 2.10 bits per heavy atom. The summed E-state index contributed by atoms with van der Waals surface area (Å²) in [5.74, 6) is 0.564. The van der Waals surface area contributed by atoms with Gasteiger partial charge in [-0.3, -0.25) is 4.90 Å². The zero-order valence-corrected chi connectivity index (χ0v) is 12.8. The Morgan fingerprint density at radius 3 is 2.75 bits per heavy atom. The Morgan fingerprint density at radius 1 is 1.30 bits per heavy atom. The van der Waals surface area contributed by atoms with Gasteiger partial charge in [0.05, 0.1) is 18.1 Å². The van der Waals surface area contributed by atoms with E-state index in [0.29, 0.717) is 24.0 Å². The third-order valence-electron chi connectivity index (χ3n) is 4.95. The number of aromatic nitrogens is 2. The molecule has 3 rings (SSSR count). The minimum Gasteiger partial charge on any atom is -0.330 e. The molecule has 2 unspecified atom stereocenters. The third-order valence-corrected chi connectivity index (χ3v) is 4.95. The Hall–Kier alpha value is -0.870. The average Bonchev–Trinajstić information content (AvgIpc) is 3.21. The van der Waals surface area contributed by atoms with Crippen LogP contribution in [0.4, 0.5) is 0 Å². The maximum atomic E-state index is 6.12. The molecule has 112 valence electrons. The van der Waals surface area contributed by atoms with Crippen LogP contribution in [0.25, 0.3) is 0 Å². The zero-order chi connectivity index (χ0) is 14.1. The standard InChI is InChI=1S/C16H28N4/c1-12(2)19-8-4-3-5-13(9-17)16(19)15-10-18-11-20(15)14-6-7-14/h10-14,16H,3-9,17H2,1-2H3. The molecule has 2 atom stereocenters. The van der Waals surface area contributed by atoms with E-state index in [2.05, 4.69) is 34.5 Å². The molecular weight excluding hydrogens is 248 g/mol. The highest BCUT2D eigenvalue weighted by atomic mass is 15.2. The average molecular weight is 276 g/mol. The van der Waals surface area contributed by atoms with Gasteiger partial charge in [0.15, 0.2) is 0 Å². The Balaban J connectivity index is 1.96. The van der Waals surface area contributed by atoms with Gasteiger partial charge in [-0.25, -0.2) is 4.98 Å². The second-order valence-corrected chi connectivity index (χ2v) is 6.72. The van der Waals surface area contributed by atoms with Gasteiger partial charge in [0.25, 0.3) is 0 Å². The Labute approximate surface area is 122 Å². The molecule has 1 aromatic rings. The van der Waals surface area contributed by atoms with E-state index >= 15 is 0 Å². The lowest BCUT2D eigenvalue weighted by Gasteiger charge is -2.37. The molecule has 20 heavy (non-hydrogen) atoms. The van der Waals surface area contributed by atoms with Crippen LogP contribution in [0, 0.1) is 5.92 Å². The number of likely N-dealkylation sites (tertiary alicyclic amines) is 1. The molecule has 1 saturated carbocycles. The quantitative estimate of drug-likeness (QED) is 0.920. The van der Waals surface area contributed by atoms with Gasteiger partial charge in [0, 0.05) is 18.3 Å². The Bertz CT molecular complexity index is 435. The number of hydrogen-bond acceptors (Lipinski definition) is 3. The van der Waals surface area contributed by atoms with Crippen molar-refractivity contribution in [1.29, 1.82) is 0 Å². The molecule has 0 amide bonds. The first-order chi connectivity index (χ1) is 9.72. The van der Waals surface area contributed by atoms with Crippen LogP contribution in [-0.4, -0.2) is 33.6 Å². The molecule has 1 saturated heterocycles. The van der Waals surface area contributed by atoms with Crippen molar-refractivity contribution < 1.29 is 0 Å². The molecule has 0 radical (unpaired) electrons. The smallest absolute Gasteiger partial charge is 0.0951 e. The van der Waals surface area contributed by atoms with Gasteiger partial charge in [0.1, 0.15) is 0 Å². The highest BCUT2D eigenvalue weighted by Gasteiger charge is 2.36. The molecule has 0 bridgehead atoms. The fourth-order valence-corrected chi connectivity index (χ4v) is 3.71. The topological polar surface area (TPSA) is 47.1 Å². The fourth-order valence-electron chi connectivity index (χ4n) is 3.71. The molecule has 2 aliphatic rings. The molecular formula is C16H28N4. The van der Waals surface area contributed by atoms with E-state index in [-0.39, 0.29) is 0 Å². The lowest BCUT2D eigenvalue weighted by molar-refractivity contribution is 0.115. The molecule has 2 heterocycles. The molecule has 2 N–H and O–H groups in total. The molecule has 0 aromatic carbocycles. The van der Waals surface area contributed by atoms with Gasteiger partial charge in [0.2, 0.25) is 0 Å². The van der Waals surface area contributed by atoms with E-state index in [1.54, 1.807) is 0 Å². The van der Waals surface area contributed by atoms with Crippen LogP contribution in [0.1, 0.15) is 63.7 Å². The monoisotopic (exact) mass is 276 g/mol. The molecule has 1 aliphatic carbocycles. The molecule has 4 heteroatoms. The minimum atomic E-state index is 0.450. The van der Waals surface area contributed by atoms with E-state index in [4.69, 9.17) is 5.73 Å². The van der Waals surface area contributed by atoms with Crippen molar-refractivity contribution in [3.63, 3.8) is 0 Å². The van der Waals surface area contributed by atoms with Crippen LogP contribution in [0.15, 0.2) is 12.5 Å². The van der Waals surface area contributed by atoms with Crippen molar-refractivity contribution in [3.8, 4) is 0 Å². The van der Waals surface area contributed by atoms with Gasteiger partial charge in [-0.15, -0.1) is 0 Å². The summed E-state index contributed by atoms with van der Waals surface area (Å²) >= 11 is 0. The normalized spacial score (nSPS) is 28.8. The predicted octanol–water partition coefficient (Wildman–Crippen LogP) is 2.73. The van der Waals surface area contributed by atoms with Crippen LogP contribution in [-0.2, 0) is 0 Å². The molecule has 1 aliphatic heterocycles. The molecule has 0 spiro atoms. The summed E-state index contributed by atoms with van der Waals surface area (Å²) in [5.41, 5.74) is 7.52. The largest absolute Gasteiger partial charge is 0.330 e. The summed E-state index contributed by atoms with van der Waals surface area (Å²) in [6, 6.07) is 1.71. The zero-order valence-electron chi connectivity index (χ0n) is 12.8. The van der Waals surface area contributed by atoms with E-state index < -0.39 is 0 Å². The summed E-state index contributed by atoms with van der Waals surface area (Å²) < 4.78 is 2.42. The lowest BCUT2D eigenvalue weighted by atomic mass is 9.91. The fraction of sp³-hybridized carbons (Fsp3) is 0.812. The first kappa shape index (κ1) is 14.1. The van der Waals surface area contributed by atoms with Crippen LogP contribution in [0.5, 0.6) is 0 Å². The number of hydrogen-bond donors (Lipinski definition) is 1. The van der Waals surface area contributed by atoms with Crippen molar-refractivity contribution >= 4 is 0 Å². The lowest BCUT2D eigenvalue weighted by Crippen LogP contribution is -2.40. The third kappa shape index (κ3) is 2.63. The van der Waals surface area contributed by atoms with Gasteiger partial charge >= 0.3 is 0 Å². The number of imidazole rings is 1. The maximum Gasteiger partial charge on any atom is 0.0951 e. The van der Waals surface area contributed by atoms with Gasteiger partial charge < -0.3 is 10.3 Å². The van der Waals surface area contributed by atoms with E-state index in [1.807, 2.05) is 6.33 Å². The van der Waals surface area contributed by atoms with E-state index in [0.717, 1.165) is 6.54 Å². The summed E-state index contributed by atoms with van der Waals surface area (Å²) in [5, 5.41) is 0. The molecule has 1 aromatic heterocycles. The summed E-state index contributed by atoms with van der Waals surface area (Å²) in [6.07, 6.45) is 10.6. The molecule has 4 nitrogen and oxygen atoms in total. The molecule has 2 fully saturated rings. The van der Waals surface area contributed by atoms with Crippen molar-refractivity contribution in [1.82, 2.24) is 14.5 Å². The number of nitrogens with two attached hydrogens (primary N) is 1. The van der Waals surface area contributed by atoms with Crippen molar-refractivity contribution in [2.24, 2.45) is 11.7 Å². The van der Waals surface area contributed by atoms with Crippen molar-refractivity contribution in [2.45, 2.75) is 64.1 Å². The van der Waals surface area contributed by atoms with E-state index in [1.165, 1.54) is 44.3 Å². The van der Waals surface area contributed by atoms with Crippen LogP contribution >= 0.6 is 0 Å². The van der Waals surface area contributed by atoms with Gasteiger partial charge in [-0.2, -0.15) is 0 Å². The van der Waals surface area contributed by atoms with E-state index in [9.17, 15) is 0 Å². The second kappa shape index (κ2) is 5.86. The maximum absolute atomic E-state index is 6.12. The van der Waals surface area contributed by atoms with Crippen LogP contribution in [0.3, 0.4) is 0 Å². The SMILES string of the molecule is CC(C)N1CCCCC(CN)C1c1cncn1C1CC1. The first-order valence-corrected chi connectivity index (χ1v) is 8.20. The number of rotatable bonds is 4. The van der Waals surface area contributed by atoms with Gasteiger partial charge in [-0.1, -0.05) is 6.42 Å². The minimum absolute atomic E-state index is 0.450. The highest BCUT2D eigenvalue weighted by molar-refractivity contribution is 5.12. The van der Waals surface area contributed by atoms with Crippen molar-refractivity contribution in [3.05, 3.63) is 18.2 Å². The van der Waals surface area contributed by atoms with Crippen molar-refractivity contribution in [2.75, 3.05) is 13.1 Å². The first-order valence-electron chi connectivity index (χ1n) is 8.20. The second-order valence-electron chi connectivity index (χ2n) is 6.72. The summed E-state index contributed by atoms with van der Waals surface area (Å²) in [6.45, 7) is 6.59. The van der Waals surface area contributed by atoms with Crippen LogP contribution < -0.4 is 5.73 Å². The predicted molar refractivity (Wildman–Crippen MR) is 81.5 cm³/mol. The van der Waals surface area contributed by atoms with Crippen LogP contribution in [0.2, 0.25) is 0 Å². The Kier molecular flexibility index (Phi) is 4.13. The number of nitrogens with zero attached hydrogens (tertiary/aromatic N) is 3. The summed E-state index contributed by atoms with van der Waals surface area (Å²) in [7, 11) is 0. The highest BCUT2D eigenvalue weighted by Crippen LogP contribution is 2.41.